The minimum Gasteiger partial charge on any atom is -0.423 e. The summed E-state index contributed by atoms with van der Waals surface area (Å²) >= 11 is 0. The van der Waals surface area contributed by atoms with E-state index in [1.54, 1.807) is 21.9 Å². The van der Waals surface area contributed by atoms with E-state index in [4.69, 9.17) is 17.2 Å². The Kier molecular flexibility index (Phi) is 10.1. The van der Waals surface area contributed by atoms with Crippen LogP contribution in [0, 0.1) is 0 Å². The standard InChI is InChI=1S/C20H33BN6O5/c22-6-9-26(10-7-23)18(28)4-3-17(24)20(30)25-12-19(29)27-8-5-14-1-2-16(21(31)32)11-15(14)13-27/h1-2,11,17,31-32H,3-10,12-13,22-24H2,(H,25,30). The van der Waals surface area contributed by atoms with Gasteiger partial charge in [-0.1, -0.05) is 18.2 Å². The van der Waals surface area contributed by atoms with Crippen LogP contribution in [-0.2, 0) is 27.3 Å². The van der Waals surface area contributed by atoms with Crippen molar-refractivity contribution in [1.82, 2.24) is 15.1 Å². The first-order valence-electron chi connectivity index (χ1n) is 10.7. The van der Waals surface area contributed by atoms with Gasteiger partial charge < -0.3 is 42.4 Å². The molecule has 0 aromatic heterocycles. The second-order valence-electron chi connectivity index (χ2n) is 7.79. The van der Waals surface area contributed by atoms with Crippen molar-refractivity contribution in [2.24, 2.45) is 17.2 Å². The number of nitrogens with two attached hydrogens (primary N) is 3. The zero-order valence-electron chi connectivity index (χ0n) is 18.2. The van der Waals surface area contributed by atoms with Gasteiger partial charge in [0.05, 0.1) is 12.6 Å². The first kappa shape index (κ1) is 25.8. The predicted molar refractivity (Wildman–Crippen MR) is 120 cm³/mol. The largest absolute Gasteiger partial charge is 0.488 e. The van der Waals surface area contributed by atoms with Gasteiger partial charge in [0.2, 0.25) is 17.7 Å². The molecule has 0 fully saturated rings. The third-order valence-corrected chi connectivity index (χ3v) is 5.46. The number of nitrogens with zero attached hydrogens (tertiary/aromatic N) is 2. The van der Waals surface area contributed by atoms with E-state index in [2.05, 4.69) is 5.32 Å². The first-order valence-corrected chi connectivity index (χ1v) is 10.7. The Morgan fingerprint density at radius 3 is 2.47 bits per heavy atom. The minimum atomic E-state index is -1.57. The molecular formula is C20H33BN6O5. The lowest BCUT2D eigenvalue weighted by Crippen LogP contribution is -2.47. The van der Waals surface area contributed by atoms with Gasteiger partial charge in [0.15, 0.2) is 0 Å². The van der Waals surface area contributed by atoms with Gasteiger partial charge in [0.1, 0.15) is 0 Å². The lowest BCUT2D eigenvalue weighted by Gasteiger charge is -2.29. The van der Waals surface area contributed by atoms with Crippen LogP contribution in [-0.4, -0.2) is 90.0 Å². The summed E-state index contributed by atoms with van der Waals surface area (Å²) in [6, 6.07) is 4.23. The summed E-state index contributed by atoms with van der Waals surface area (Å²) < 4.78 is 0. The maximum atomic E-state index is 12.5. The van der Waals surface area contributed by atoms with Crippen LogP contribution in [0.1, 0.15) is 24.0 Å². The highest BCUT2D eigenvalue weighted by molar-refractivity contribution is 6.58. The summed E-state index contributed by atoms with van der Waals surface area (Å²) in [5, 5.41) is 21.2. The molecule has 0 saturated carbocycles. The number of hydrogen-bond acceptors (Lipinski definition) is 8. The number of amides is 3. The van der Waals surface area contributed by atoms with Crippen molar-refractivity contribution in [2.75, 3.05) is 39.3 Å². The maximum Gasteiger partial charge on any atom is 0.488 e. The smallest absolute Gasteiger partial charge is 0.423 e. The molecule has 0 spiro atoms. The Labute approximate surface area is 188 Å². The van der Waals surface area contributed by atoms with Gasteiger partial charge >= 0.3 is 7.12 Å². The molecule has 0 radical (unpaired) electrons. The Bertz CT molecular complexity index is 803. The fraction of sp³-hybridized carbons (Fsp3) is 0.550. The molecule has 11 nitrogen and oxygen atoms in total. The predicted octanol–water partition coefficient (Wildman–Crippen LogP) is -3.78. The Balaban J connectivity index is 1.80. The van der Waals surface area contributed by atoms with Crippen molar-refractivity contribution in [1.29, 1.82) is 0 Å². The minimum absolute atomic E-state index is 0.0878. The number of carbonyl (C=O) groups is 3. The molecule has 1 aromatic rings. The van der Waals surface area contributed by atoms with E-state index in [0.717, 1.165) is 11.1 Å². The molecule has 1 aliphatic heterocycles. The number of benzene rings is 1. The van der Waals surface area contributed by atoms with Gasteiger partial charge in [-0.15, -0.1) is 0 Å². The molecule has 1 unspecified atom stereocenters. The van der Waals surface area contributed by atoms with E-state index in [0.29, 0.717) is 51.2 Å². The summed E-state index contributed by atoms with van der Waals surface area (Å²) in [5.74, 6) is -0.933. The molecule has 1 aliphatic rings. The highest BCUT2D eigenvalue weighted by atomic mass is 16.4. The van der Waals surface area contributed by atoms with Crippen molar-refractivity contribution in [3.8, 4) is 0 Å². The number of fused-ring (bicyclic) bond motifs is 1. The first-order chi connectivity index (χ1) is 15.3. The molecule has 0 saturated heterocycles. The summed E-state index contributed by atoms with van der Waals surface area (Å²) in [6.45, 7) is 2.05. The van der Waals surface area contributed by atoms with E-state index in [-0.39, 0.29) is 31.2 Å². The average molecular weight is 448 g/mol. The van der Waals surface area contributed by atoms with Crippen LogP contribution in [0.2, 0.25) is 0 Å². The van der Waals surface area contributed by atoms with E-state index >= 15 is 0 Å². The van der Waals surface area contributed by atoms with E-state index < -0.39 is 19.1 Å². The van der Waals surface area contributed by atoms with Crippen molar-refractivity contribution >= 4 is 30.3 Å². The third kappa shape index (κ3) is 7.28. The highest BCUT2D eigenvalue weighted by Crippen LogP contribution is 2.18. The second-order valence-corrected chi connectivity index (χ2v) is 7.79. The number of nitrogens with one attached hydrogen (secondary N) is 1. The molecule has 9 N–H and O–H groups in total. The second kappa shape index (κ2) is 12.5. The molecule has 1 heterocycles. The van der Waals surface area contributed by atoms with Crippen LogP contribution in [0.25, 0.3) is 0 Å². The van der Waals surface area contributed by atoms with Crippen molar-refractivity contribution in [2.45, 2.75) is 31.8 Å². The van der Waals surface area contributed by atoms with Gasteiger partial charge in [-0.05, 0) is 29.4 Å². The highest BCUT2D eigenvalue weighted by Gasteiger charge is 2.24. The third-order valence-electron chi connectivity index (χ3n) is 5.46. The molecule has 0 bridgehead atoms. The summed E-state index contributed by atoms with van der Waals surface area (Å²) in [6.07, 6.45) is 0.874. The Morgan fingerprint density at radius 2 is 1.84 bits per heavy atom. The monoisotopic (exact) mass is 448 g/mol. The molecule has 12 heteroatoms. The van der Waals surface area contributed by atoms with Gasteiger partial charge in [0.25, 0.3) is 0 Å². The van der Waals surface area contributed by atoms with Crippen LogP contribution in [0.15, 0.2) is 18.2 Å². The lowest BCUT2D eigenvalue weighted by atomic mass is 9.78. The topological polar surface area (TPSA) is 188 Å². The normalized spacial score (nSPS) is 13.8. The Morgan fingerprint density at radius 1 is 1.16 bits per heavy atom. The van der Waals surface area contributed by atoms with Gasteiger partial charge in [0, 0.05) is 45.7 Å². The number of rotatable bonds is 11. The van der Waals surface area contributed by atoms with Crippen LogP contribution < -0.4 is 28.0 Å². The average Bonchev–Trinajstić information content (AvgIpc) is 2.79. The summed E-state index contributed by atoms with van der Waals surface area (Å²) in [7, 11) is -1.57. The fourth-order valence-electron chi connectivity index (χ4n) is 3.60. The van der Waals surface area contributed by atoms with E-state index in [1.807, 2.05) is 6.07 Å². The lowest BCUT2D eigenvalue weighted by molar-refractivity contribution is -0.134. The molecule has 1 aromatic carbocycles. The van der Waals surface area contributed by atoms with Crippen LogP contribution in [0.4, 0.5) is 0 Å². The van der Waals surface area contributed by atoms with E-state index in [9.17, 15) is 24.4 Å². The van der Waals surface area contributed by atoms with Gasteiger partial charge in [-0.3, -0.25) is 14.4 Å². The summed E-state index contributed by atoms with van der Waals surface area (Å²) in [5.41, 5.74) is 19.1. The maximum absolute atomic E-state index is 12.5. The van der Waals surface area contributed by atoms with Crippen molar-refractivity contribution < 1.29 is 24.4 Å². The zero-order chi connectivity index (χ0) is 23.7. The molecule has 2 rings (SSSR count). The van der Waals surface area contributed by atoms with Crippen LogP contribution >= 0.6 is 0 Å². The quantitative estimate of drug-likeness (QED) is 0.186. The van der Waals surface area contributed by atoms with Crippen molar-refractivity contribution in [3.63, 3.8) is 0 Å². The molecule has 1 atom stereocenters. The van der Waals surface area contributed by atoms with Crippen molar-refractivity contribution in [3.05, 3.63) is 29.3 Å². The SMILES string of the molecule is NCCN(CCN)C(=O)CCC(N)C(=O)NCC(=O)N1CCc2ccc(B(O)O)cc2C1. The molecular weight excluding hydrogens is 415 g/mol. The summed E-state index contributed by atoms with van der Waals surface area (Å²) in [4.78, 5) is 40.2. The van der Waals surface area contributed by atoms with E-state index in [1.165, 1.54) is 0 Å². The molecule has 0 aliphatic carbocycles. The number of carbonyl (C=O) groups excluding carboxylic acids is 3. The fourth-order valence-corrected chi connectivity index (χ4v) is 3.60. The molecule has 32 heavy (non-hydrogen) atoms. The zero-order valence-corrected chi connectivity index (χ0v) is 18.2. The van der Waals surface area contributed by atoms with Gasteiger partial charge in [-0.2, -0.15) is 0 Å². The molecule has 3 amide bonds. The van der Waals surface area contributed by atoms with Crippen LogP contribution in [0.5, 0.6) is 0 Å². The Hall–Kier alpha value is -2.51. The van der Waals surface area contributed by atoms with Crippen LogP contribution in [0.3, 0.4) is 0 Å². The molecule has 176 valence electrons. The van der Waals surface area contributed by atoms with Gasteiger partial charge in [-0.25, -0.2) is 0 Å². The number of hydrogen-bond donors (Lipinski definition) is 6.